The molecule has 13 heavy (non-hydrogen) atoms. The van der Waals surface area contributed by atoms with E-state index in [2.05, 4.69) is 5.32 Å². The fourth-order valence-corrected chi connectivity index (χ4v) is 1.14. The van der Waals surface area contributed by atoms with Crippen LogP contribution in [0.5, 0.6) is 0 Å². The summed E-state index contributed by atoms with van der Waals surface area (Å²) in [7, 11) is 1.87. The van der Waals surface area contributed by atoms with Gasteiger partial charge in [-0.25, -0.2) is 0 Å². The van der Waals surface area contributed by atoms with Crippen LogP contribution >= 0.6 is 0 Å². The van der Waals surface area contributed by atoms with Gasteiger partial charge < -0.3 is 5.32 Å². The van der Waals surface area contributed by atoms with E-state index in [0.29, 0.717) is 6.04 Å². The van der Waals surface area contributed by atoms with Crippen molar-refractivity contribution in [2.75, 3.05) is 7.05 Å². The van der Waals surface area contributed by atoms with Crippen LogP contribution in [0.15, 0.2) is 23.8 Å². The van der Waals surface area contributed by atoms with E-state index >= 15 is 0 Å². The number of carbonyl (C=O) groups excluding carboxylic acids is 2. The van der Waals surface area contributed by atoms with Gasteiger partial charge in [0.05, 0.1) is 0 Å². The zero-order valence-electron chi connectivity index (χ0n) is 7.83. The Kier molecular flexibility index (Phi) is 3.14. The Morgan fingerprint density at radius 3 is 2.54 bits per heavy atom. The monoisotopic (exact) mass is 179 g/mol. The van der Waals surface area contributed by atoms with E-state index in [1.165, 1.54) is 12.2 Å². The molecule has 1 aliphatic rings. The average molecular weight is 179 g/mol. The summed E-state index contributed by atoms with van der Waals surface area (Å²) in [5.41, 5.74) is 0.909. The number of allylic oxidation sites excluding steroid dienone is 3. The standard InChI is InChI=1S/C10H13NO2/c1-7(11-2)5-8-3-4-9(12)10(13)6-8/h3-4,6-7,11H,5H2,1-2H3. The highest BCUT2D eigenvalue weighted by molar-refractivity contribution is 6.46. The maximum atomic E-state index is 11.0. The maximum absolute atomic E-state index is 11.0. The molecular weight excluding hydrogens is 166 g/mol. The predicted octanol–water partition coefficient (Wildman–Crippen LogP) is 0.619. The molecule has 3 nitrogen and oxygen atoms in total. The van der Waals surface area contributed by atoms with E-state index in [1.54, 1.807) is 6.08 Å². The van der Waals surface area contributed by atoms with Crippen molar-refractivity contribution >= 4 is 11.6 Å². The molecule has 3 heteroatoms. The van der Waals surface area contributed by atoms with E-state index in [4.69, 9.17) is 0 Å². The smallest absolute Gasteiger partial charge is 0.225 e. The van der Waals surface area contributed by atoms with Gasteiger partial charge in [-0.3, -0.25) is 9.59 Å². The average Bonchev–Trinajstić information content (AvgIpc) is 2.11. The van der Waals surface area contributed by atoms with Crippen LogP contribution in [0, 0.1) is 0 Å². The Bertz CT molecular complexity index is 289. The molecule has 1 atom stereocenters. The Balaban J connectivity index is 2.63. The van der Waals surface area contributed by atoms with Gasteiger partial charge in [-0.05, 0) is 38.1 Å². The highest BCUT2D eigenvalue weighted by Gasteiger charge is 2.13. The summed E-state index contributed by atoms with van der Waals surface area (Å²) in [5, 5.41) is 3.07. The minimum absolute atomic E-state index is 0.317. The molecule has 1 unspecified atom stereocenters. The number of carbonyl (C=O) groups is 2. The molecule has 0 aromatic rings. The molecular formula is C10H13NO2. The second kappa shape index (κ2) is 4.14. The number of rotatable bonds is 3. The van der Waals surface area contributed by atoms with Gasteiger partial charge in [-0.15, -0.1) is 0 Å². The summed E-state index contributed by atoms with van der Waals surface area (Å²) >= 11 is 0. The van der Waals surface area contributed by atoms with Crippen molar-refractivity contribution in [1.82, 2.24) is 5.32 Å². The lowest BCUT2D eigenvalue weighted by molar-refractivity contribution is -0.131. The van der Waals surface area contributed by atoms with Crippen molar-refractivity contribution in [3.63, 3.8) is 0 Å². The summed E-state index contributed by atoms with van der Waals surface area (Å²) < 4.78 is 0. The second-order valence-corrected chi connectivity index (χ2v) is 3.17. The van der Waals surface area contributed by atoms with Gasteiger partial charge in [0, 0.05) is 6.04 Å². The van der Waals surface area contributed by atoms with Crippen molar-refractivity contribution in [3.8, 4) is 0 Å². The van der Waals surface area contributed by atoms with Crippen molar-refractivity contribution in [1.29, 1.82) is 0 Å². The third kappa shape index (κ3) is 2.63. The molecule has 0 radical (unpaired) electrons. The van der Waals surface area contributed by atoms with Gasteiger partial charge in [0.2, 0.25) is 11.6 Å². The number of nitrogens with one attached hydrogen (secondary N) is 1. The molecule has 0 saturated carbocycles. The zero-order valence-corrected chi connectivity index (χ0v) is 7.83. The van der Waals surface area contributed by atoms with Crippen molar-refractivity contribution < 1.29 is 9.59 Å². The van der Waals surface area contributed by atoms with E-state index in [-0.39, 0.29) is 0 Å². The first-order chi connectivity index (χ1) is 6.13. The van der Waals surface area contributed by atoms with Gasteiger partial charge in [-0.1, -0.05) is 6.08 Å². The second-order valence-electron chi connectivity index (χ2n) is 3.17. The Labute approximate surface area is 77.5 Å². The summed E-state index contributed by atoms with van der Waals surface area (Å²) in [6.07, 6.45) is 5.22. The highest BCUT2D eigenvalue weighted by Crippen LogP contribution is 2.11. The summed E-state index contributed by atoms with van der Waals surface area (Å²) in [6.45, 7) is 2.02. The molecule has 0 saturated heterocycles. The van der Waals surface area contributed by atoms with Gasteiger partial charge in [0.1, 0.15) is 0 Å². The first-order valence-corrected chi connectivity index (χ1v) is 4.27. The third-order valence-corrected chi connectivity index (χ3v) is 2.04. The molecule has 1 N–H and O–H groups in total. The Morgan fingerprint density at radius 2 is 2.00 bits per heavy atom. The maximum Gasteiger partial charge on any atom is 0.225 e. The quantitative estimate of drug-likeness (QED) is 0.510. The van der Waals surface area contributed by atoms with Crippen LogP contribution in [0.3, 0.4) is 0 Å². The van der Waals surface area contributed by atoms with Crippen molar-refractivity contribution in [2.45, 2.75) is 19.4 Å². The zero-order chi connectivity index (χ0) is 9.84. The molecule has 0 spiro atoms. The summed E-state index contributed by atoms with van der Waals surface area (Å²) in [5.74, 6) is -0.846. The van der Waals surface area contributed by atoms with Crippen LogP contribution in [0.1, 0.15) is 13.3 Å². The first-order valence-electron chi connectivity index (χ1n) is 4.27. The van der Waals surface area contributed by atoms with E-state index < -0.39 is 11.6 Å². The third-order valence-electron chi connectivity index (χ3n) is 2.04. The SMILES string of the molecule is CNC(C)CC1=CC(=O)C(=O)C=C1. The van der Waals surface area contributed by atoms with E-state index in [0.717, 1.165) is 12.0 Å². The van der Waals surface area contributed by atoms with Crippen LogP contribution in [0.25, 0.3) is 0 Å². The van der Waals surface area contributed by atoms with Crippen molar-refractivity contribution in [2.24, 2.45) is 0 Å². The van der Waals surface area contributed by atoms with Crippen molar-refractivity contribution in [3.05, 3.63) is 23.8 Å². The van der Waals surface area contributed by atoms with Crippen LogP contribution in [0.2, 0.25) is 0 Å². The number of hydrogen-bond donors (Lipinski definition) is 1. The lowest BCUT2D eigenvalue weighted by Crippen LogP contribution is -2.22. The van der Waals surface area contributed by atoms with Gasteiger partial charge in [0.25, 0.3) is 0 Å². The fraction of sp³-hybridized carbons (Fsp3) is 0.400. The fourth-order valence-electron chi connectivity index (χ4n) is 1.14. The molecule has 0 aromatic carbocycles. The summed E-state index contributed by atoms with van der Waals surface area (Å²) in [6, 6.07) is 0.317. The van der Waals surface area contributed by atoms with Gasteiger partial charge in [0.15, 0.2) is 0 Å². The minimum atomic E-state index is -0.430. The molecule has 1 rings (SSSR count). The van der Waals surface area contributed by atoms with E-state index in [1.807, 2.05) is 14.0 Å². The largest absolute Gasteiger partial charge is 0.317 e. The topological polar surface area (TPSA) is 46.2 Å². The van der Waals surface area contributed by atoms with Gasteiger partial charge in [-0.2, -0.15) is 0 Å². The van der Waals surface area contributed by atoms with Crippen LogP contribution in [0.4, 0.5) is 0 Å². The Morgan fingerprint density at radius 1 is 1.31 bits per heavy atom. The Hall–Kier alpha value is -1.22. The number of ketones is 2. The lowest BCUT2D eigenvalue weighted by Gasteiger charge is -2.11. The number of hydrogen-bond acceptors (Lipinski definition) is 3. The summed E-state index contributed by atoms with van der Waals surface area (Å²) in [4.78, 5) is 21.8. The molecule has 0 aromatic heterocycles. The van der Waals surface area contributed by atoms with Crippen LogP contribution in [-0.4, -0.2) is 24.7 Å². The molecule has 0 bridgehead atoms. The first kappa shape index (κ1) is 9.86. The van der Waals surface area contributed by atoms with Crippen LogP contribution in [-0.2, 0) is 9.59 Å². The molecule has 0 heterocycles. The molecule has 1 aliphatic carbocycles. The molecule has 0 amide bonds. The minimum Gasteiger partial charge on any atom is -0.317 e. The molecule has 0 aliphatic heterocycles. The van der Waals surface area contributed by atoms with E-state index in [9.17, 15) is 9.59 Å². The molecule has 0 fully saturated rings. The lowest BCUT2D eigenvalue weighted by atomic mass is 10.00. The predicted molar refractivity (Wildman–Crippen MR) is 50.4 cm³/mol. The highest BCUT2D eigenvalue weighted by atomic mass is 16.2. The normalized spacial score (nSPS) is 18.8. The molecule has 70 valence electrons. The van der Waals surface area contributed by atoms with Crippen LogP contribution < -0.4 is 5.32 Å². The van der Waals surface area contributed by atoms with Gasteiger partial charge >= 0.3 is 0 Å².